The van der Waals surface area contributed by atoms with Crippen molar-refractivity contribution >= 4 is 22.7 Å². The van der Waals surface area contributed by atoms with Gasteiger partial charge < -0.3 is 19.5 Å². The van der Waals surface area contributed by atoms with Gasteiger partial charge in [0.15, 0.2) is 29.0 Å². The van der Waals surface area contributed by atoms with E-state index in [2.05, 4.69) is 30.3 Å². The monoisotopic (exact) mass is 408 g/mol. The molecule has 154 valence electrons. The first kappa shape index (κ1) is 18.8. The maximum atomic E-state index is 8.70. The largest absolute Gasteiger partial charge is 0.349 e. The second-order valence-electron chi connectivity index (χ2n) is 7.58. The number of imidazole rings is 1. The van der Waals surface area contributed by atoms with E-state index in [1.54, 1.807) is 6.33 Å². The molecule has 2 aliphatic heterocycles. The molecule has 2 aliphatic rings. The minimum absolute atomic E-state index is 0.149. The molecule has 3 aromatic rings. The second kappa shape index (κ2) is 7.22. The minimum atomic E-state index is -0.767. The number of hydrogen-bond donors (Lipinski definition) is 1. The van der Waals surface area contributed by atoms with E-state index in [0.29, 0.717) is 17.0 Å². The Morgan fingerprint density at radius 1 is 1.17 bits per heavy atom. The van der Waals surface area contributed by atoms with Crippen LogP contribution in [0, 0.1) is 0 Å². The van der Waals surface area contributed by atoms with Gasteiger partial charge >= 0.3 is 0 Å². The number of anilines is 2. The van der Waals surface area contributed by atoms with Gasteiger partial charge in [0.25, 0.3) is 0 Å². The van der Waals surface area contributed by atoms with Gasteiger partial charge in [-0.2, -0.15) is 0 Å². The number of rotatable bonds is 5. The van der Waals surface area contributed by atoms with E-state index in [-0.39, 0.29) is 12.6 Å². The van der Waals surface area contributed by atoms with Crippen LogP contribution in [0.5, 0.6) is 0 Å². The van der Waals surface area contributed by atoms with E-state index in [1.807, 2.05) is 48.7 Å². The highest BCUT2D eigenvalue weighted by atomic mass is 16.8. The molecule has 0 saturated carbocycles. The molecule has 30 heavy (non-hydrogen) atoms. The smallest absolute Gasteiger partial charge is 0.167 e. The number of fused-ring (bicyclic) bond motifs is 2. The highest BCUT2D eigenvalue weighted by Gasteiger charge is 2.55. The molecule has 11 heteroatoms. The van der Waals surface area contributed by atoms with Gasteiger partial charge in [-0.1, -0.05) is 23.3 Å². The molecular weight excluding hydrogens is 388 g/mol. The molecule has 1 N–H and O–H groups in total. The second-order valence-corrected chi connectivity index (χ2v) is 7.58. The summed E-state index contributed by atoms with van der Waals surface area (Å²) in [6.45, 7) is 3.85. The van der Waals surface area contributed by atoms with Crippen LogP contribution in [0.3, 0.4) is 0 Å². The van der Waals surface area contributed by atoms with Gasteiger partial charge in [0, 0.05) is 10.6 Å². The van der Waals surface area contributed by atoms with Crippen LogP contribution in [-0.4, -0.2) is 50.2 Å². The molecule has 0 bridgehead atoms. The molecular formula is C19H20N8O3. The van der Waals surface area contributed by atoms with Gasteiger partial charge in [0.05, 0.1) is 19.0 Å². The van der Waals surface area contributed by atoms with Crippen molar-refractivity contribution in [3.8, 4) is 0 Å². The number of nitrogens with one attached hydrogen (secondary N) is 1. The fourth-order valence-corrected chi connectivity index (χ4v) is 3.93. The van der Waals surface area contributed by atoms with E-state index in [4.69, 9.17) is 19.7 Å². The first-order valence-corrected chi connectivity index (χ1v) is 9.57. The van der Waals surface area contributed by atoms with E-state index < -0.39 is 24.2 Å². The first-order valence-electron chi connectivity index (χ1n) is 9.57. The number of nitrogens with zero attached hydrogens (tertiary/aromatic N) is 7. The highest BCUT2D eigenvalue weighted by Crippen LogP contribution is 2.44. The third kappa shape index (κ3) is 3.23. The number of azide groups is 1. The molecule has 5 rings (SSSR count). The lowest BCUT2D eigenvalue weighted by molar-refractivity contribution is -0.195. The molecule has 0 spiro atoms. The number of benzene rings is 1. The fraction of sp³-hybridized carbons (Fsp3) is 0.421. The highest BCUT2D eigenvalue weighted by molar-refractivity contribution is 5.85. The zero-order chi connectivity index (χ0) is 20.7. The molecule has 4 heterocycles. The summed E-state index contributed by atoms with van der Waals surface area (Å²) in [5, 5.41) is 6.93. The Morgan fingerprint density at radius 2 is 1.97 bits per heavy atom. The lowest BCUT2D eigenvalue weighted by atomic mass is 10.1. The van der Waals surface area contributed by atoms with Gasteiger partial charge in [0.1, 0.15) is 18.5 Å². The third-order valence-electron chi connectivity index (χ3n) is 5.12. The van der Waals surface area contributed by atoms with Crippen LogP contribution in [0.4, 0.5) is 11.5 Å². The van der Waals surface area contributed by atoms with Crippen molar-refractivity contribution in [3.63, 3.8) is 0 Å². The SMILES string of the molecule is CC1(C)O[C@@H]2[C@H](O1)[C@@H](CN=[N+]=[N-])O[C@H]2n1cnc2c(Nc3ccccc3)ncnc21. The summed E-state index contributed by atoms with van der Waals surface area (Å²) in [6.07, 6.45) is 1.42. The number of ether oxygens (including phenoxy) is 3. The summed E-state index contributed by atoms with van der Waals surface area (Å²) in [5.41, 5.74) is 10.8. The molecule has 2 fully saturated rings. The van der Waals surface area contributed by atoms with Crippen molar-refractivity contribution in [1.82, 2.24) is 19.5 Å². The lowest BCUT2D eigenvalue weighted by Crippen LogP contribution is -2.31. The summed E-state index contributed by atoms with van der Waals surface area (Å²) in [4.78, 5) is 16.1. The van der Waals surface area contributed by atoms with Gasteiger partial charge in [-0.3, -0.25) is 4.57 Å². The van der Waals surface area contributed by atoms with Crippen LogP contribution < -0.4 is 5.32 Å². The normalized spacial score (nSPS) is 27.0. The third-order valence-corrected chi connectivity index (χ3v) is 5.12. The van der Waals surface area contributed by atoms with Crippen molar-refractivity contribution in [2.24, 2.45) is 5.11 Å². The molecule has 0 amide bonds. The standard InChI is InChI=1S/C19H20N8O3/c1-19(2)29-14-12(8-24-26-20)28-18(15(14)30-19)27-10-23-13-16(21-9-22-17(13)27)25-11-6-4-3-5-7-11/h3-7,9-10,12,14-15,18H,8H2,1-2H3,(H,21,22,25)/t12-,14-,15-,18-/m1/s1. The Morgan fingerprint density at radius 3 is 2.77 bits per heavy atom. The molecule has 2 saturated heterocycles. The average molecular weight is 408 g/mol. The van der Waals surface area contributed by atoms with Crippen molar-refractivity contribution in [3.05, 3.63) is 53.4 Å². The van der Waals surface area contributed by atoms with Crippen molar-refractivity contribution in [1.29, 1.82) is 0 Å². The van der Waals surface area contributed by atoms with Gasteiger partial charge in [-0.05, 0) is 31.5 Å². The van der Waals surface area contributed by atoms with E-state index in [0.717, 1.165) is 5.69 Å². The molecule has 1 aromatic carbocycles. The Labute approximate surface area is 171 Å². The summed E-state index contributed by atoms with van der Waals surface area (Å²) >= 11 is 0. The van der Waals surface area contributed by atoms with Crippen LogP contribution in [0.1, 0.15) is 20.1 Å². The summed E-state index contributed by atoms with van der Waals surface area (Å²) < 4.78 is 20.1. The number of para-hydroxylation sites is 1. The molecule has 0 aliphatic carbocycles. The zero-order valence-corrected chi connectivity index (χ0v) is 16.4. The lowest BCUT2D eigenvalue weighted by Gasteiger charge is -2.24. The van der Waals surface area contributed by atoms with E-state index >= 15 is 0 Å². The Kier molecular flexibility index (Phi) is 4.52. The van der Waals surface area contributed by atoms with Crippen molar-refractivity contribution in [2.75, 3.05) is 11.9 Å². The Balaban J connectivity index is 1.50. The van der Waals surface area contributed by atoms with E-state index in [9.17, 15) is 0 Å². The maximum Gasteiger partial charge on any atom is 0.167 e. The molecule has 0 unspecified atom stereocenters. The quantitative estimate of drug-likeness (QED) is 0.389. The molecule has 2 aromatic heterocycles. The van der Waals surface area contributed by atoms with Crippen molar-refractivity contribution < 1.29 is 14.2 Å². The molecule has 4 atom stereocenters. The fourth-order valence-electron chi connectivity index (χ4n) is 3.93. The zero-order valence-electron chi connectivity index (χ0n) is 16.4. The van der Waals surface area contributed by atoms with Crippen LogP contribution in [-0.2, 0) is 14.2 Å². The summed E-state index contributed by atoms with van der Waals surface area (Å²) in [5.74, 6) is -0.175. The molecule has 11 nitrogen and oxygen atoms in total. The van der Waals surface area contributed by atoms with Crippen LogP contribution in [0.2, 0.25) is 0 Å². The van der Waals surface area contributed by atoms with Crippen LogP contribution >= 0.6 is 0 Å². The van der Waals surface area contributed by atoms with Crippen molar-refractivity contribution in [2.45, 2.75) is 44.2 Å². The predicted molar refractivity (Wildman–Crippen MR) is 107 cm³/mol. The maximum absolute atomic E-state index is 8.70. The number of hydrogen-bond acceptors (Lipinski definition) is 8. The predicted octanol–water partition coefficient (Wildman–Crippen LogP) is 3.30. The molecule has 0 radical (unpaired) electrons. The number of aromatic nitrogens is 4. The Bertz CT molecular complexity index is 1110. The summed E-state index contributed by atoms with van der Waals surface area (Å²) in [7, 11) is 0. The first-order chi connectivity index (χ1) is 14.6. The van der Waals surface area contributed by atoms with Crippen LogP contribution in [0.25, 0.3) is 21.6 Å². The van der Waals surface area contributed by atoms with E-state index in [1.165, 1.54) is 6.33 Å². The van der Waals surface area contributed by atoms with Gasteiger partial charge in [0.2, 0.25) is 0 Å². The summed E-state index contributed by atoms with van der Waals surface area (Å²) in [6, 6.07) is 9.72. The Hall–Kier alpha value is -3.24. The average Bonchev–Trinajstić information content (AvgIpc) is 3.39. The van der Waals surface area contributed by atoms with Gasteiger partial charge in [-0.15, -0.1) is 0 Å². The minimum Gasteiger partial charge on any atom is -0.349 e. The van der Waals surface area contributed by atoms with Gasteiger partial charge in [-0.25, -0.2) is 15.0 Å². The topological polar surface area (TPSA) is 132 Å². The van der Waals surface area contributed by atoms with Crippen LogP contribution in [0.15, 0.2) is 48.1 Å².